The highest BCUT2D eigenvalue weighted by Crippen LogP contribution is 2.19. The molecule has 2 aromatic carbocycles. The maximum Gasteiger partial charge on any atom is 0.488 e. The van der Waals surface area contributed by atoms with Crippen LogP contribution in [0.2, 0.25) is 0 Å². The largest absolute Gasteiger partial charge is 0.496 e. The second kappa shape index (κ2) is 7.21. The van der Waals surface area contributed by atoms with Crippen LogP contribution < -0.4 is 15.5 Å². The molecule has 2 aromatic rings. The van der Waals surface area contributed by atoms with Crippen molar-refractivity contribution in [2.24, 2.45) is 0 Å². The third-order valence-corrected chi connectivity index (χ3v) is 3.22. The van der Waals surface area contributed by atoms with Crippen LogP contribution in [0.1, 0.15) is 15.9 Å². The molecule has 0 aliphatic rings. The van der Waals surface area contributed by atoms with E-state index < -0.39 is 24.7 Å². The average Bonchev–Trinajstić information content (AvgIpc) is 2.53. The first-order valence-electron chi connectivity index (χ1n) is 6.68. The number of hydrogen-bond acceptors (Lipinski definition) is 4. The lowest BCUT2D eigenvalue weighted by Gasteiger charge is -2.10. The summed E-state index contributed by atoms with van der Waals surface area (Å²) < 4.78 is 31.9. The minimum atomic E-state index is -1.77. The number of carbonyl (C=O) groups is 1. The molecule has 0 saturated carbocycles. The fourth-order valence-corrected chi connectivity index (χ4v) is 1.99. The third-order valence-electron chi connectivity index (χ3n) is 3.22. The first kappa shape index (κ1) is 16.9. The van der Waals surface area contributed by atoms with E-state index in [0.717, 1.165) is 18.2 Å². The lowest BCUT2D eigenvalue weighted by atomic mass is 9.80. The predicted octanol–water partition coefficient (Wildman–Crippen LogP) is 0.583. The molecule has 0 atom stereocenters. The molecule has 8 heteroatoms. The summed E-state index contributed by atoms with van der Waals surface area (Å²) in [7, 11) is -0.457. The highest BCUT2D eigenvalue weighted by atomic mass is 19.1. The van der Waals surface area contributed by atoms with E-state index in [9.17, 15) is 13.6 Å². The van der Waals surface area contributed by atoms with Gasteiger partial charge in [0.1, 0.15) is 17.4 Å². The molecule has 2 rings (SSSR count). The number of ether oxygens (including phenoxy) is 1. The molecule has 0 heterocycles. The molecular formula is C15H14BF2NO4. The van der Waals surface area contributed by atoms with Crippen LogP contribution in [0, 0.1) is 11.6 Å². The fourth-order valence-electron chi connectivity index (χ4n) is 1.99. The third kappa shape index (κ3) is 4.05. The summed E-state index contributed by atoms with van der Waals surface area (Å²) in [6, 6.07) is 7.12. The van der Waals surface area contributed by atoms with Gasteiger partial charge in [-0.3, -0.25) is 4.79 Å². The van der Waals surface area contributed by atoms with E-state index in [1.165, 1.54) is 25.3 Å². The summed E-state index contributed by atoms with van der Waals surface area (Å²) in [5.74, 6) is -1.70. The molecule has 0 aromatic heterocycles. The van der Waals surface area contributed by atoms with E-state index in [0.29, 0.717) is 0 Å². The number of rotatable bonds is 5. The highest BCUT2D eigenvalue weighted by molar-refractivity contribution is 6.58. The van der Waals surface area contributed by atoms with Gasteiger partial charge in [-0.1, -0.05) is 12.1 Å². The van der Waals surface area contributed by atoms with Crippen molar-refractivity contribution in [1.29, 1.82) is 0 Å². The van der Waals surface area contributed by atoms with Crippen molar-refractivity contribution in [3.8, 4) is 5.75 Å². The molecule has 0 spiro atoms. The summed E-state index contributed by atoms with van der Waals surface area (Å²) in [5.41, 5.74) is 0.304. The second-order valence-corrected chi connectivity index (χ2v) is 4.75. The molecule has 0 unspecified atom stereocenters. The number of methoxy groups -OCH3 is 1. The zero-order valence-electron chi connectivity index (χ0n) is 12.2. The topological polar surface area (TPSA) is 78.8 Å². The van der Waals surface area contributed by atoms with Gasteiger partial charge in [0.25, 0.3) is 5.91 Å². The zero-order chi connectivity index (χ0) is 17.0. The highest BCUT2D eigenvalue weighted by Gasteiger charge is 2.16. The van der Waals surface area contributed by atoms with Crippen molar-refractivity contribution < 1.29 is 28.4 Å². The van der Waals surface area contributed by atoms with Gasteiger partial charge in [-0.2, -0.15) is 0 Å². The van der Waals surface area contributed by atoms with Crippen molar-refractivity contribution in [1.82, 2.24) is 5.32 Å². The smallest absolute Gasteiger partial charge is 0.488 e. The quantitative estimate of drug-likeness (QED) is 0.704. The number of halogens is 2. The average molecular weight is 321 g/mol. The van der Waals surface area contributed by atoms with Crippen LogP contribution in [0.3, 0.4) is 0 Å². The van der Waals surface area contributed by atoms with Crippen molar-refractivity contribution in [2.75, 3.05) is 7.11 Å². The van der Waals surface area contributed by atoms with Crippen molar-refractivity contribution in [3.63, 3.8) is 0 Å². The molecule has 0 bridgehead atoms. The molecule has 0 radical (unpaired) electrons. The molecule has 0 fully saturated rings. The Balaban J connectivity index is 2.10. The minimum Gasteiger partial charge on any atom is -0.496 e. The van der Waals surface area contributed by atoms with E-state index in [2.05, 4.69) is 5.32 Å². The second-order valence-electron chi connectivity index (χ2n) is 4.75. The van der Waals surface area contributed by atoms with Gasteiger partial charge < -0.3 is 20.1 Å². The lowest BCUT2D eigenvalue weighted by Crippen LogP contribution is -2.31. The standard InChI is InChI=1S/C15H14BF2NO4/c1-23-14-7-11(17)4-5-12(14)15(20)19-8-9-2-3-10(16(21)22)6-13(9)18/h2-7,21-22H,8H2,1H3,(H,19,20). The summed E-state index contributed by atoms with van der Waals surface area (Å²) in [5, 5.41) is 20.4. The number of benzene rings is 2. The van der Waals surface area contributed by atoms with Gasteiger partial charge in [-0.25, -0.2) is 8.78 Å². The molecule has 120 valence electrons. The van der Waals surface area contributed by atoms with Gasteiger partial charge >= 0.3 is 7.12 Å². The molecule has 5 nitrogen and oxygen atoms in total. The van der Waals surface area contributed by atoms with Crippen LogP contribution in [-0.2, 0) is 6.54 Å². The zero-order valence-corrected chi connectivity index (χ0v) is 12.2. The Kier molecular flexibility index (Phi) is 5.30. The Morgan fingerprint density at radius 1 is 1.22 bits per heavy atom. The van der Waals surface area contributed by atoms with Gasteiger partial charge in [0.05, 0.1) is 12.7 Å². The molecule has 1 amide bonds. The molecule has 0 aliphatic heterocycles. The maximum atomic E-state index is 13.8. The SMILES string of the molecule is COc1cc(F)ccc1C(=O)NCc1ccc(B(O)O)cc1F. The summed E-state index contributed by atoms with van der Waals surface area (Å²) in [6.45, 7) is -0.118. The van der Waals surface area contributed by atoms with Gasteiger partial charge in [-0.05, 0) is 23.7 Å². The van der Waals surface area contributed by atoms with E-state index in [1.807, 2.05) is 0 Å². The van der Waals surface area contributed by atoms with E-state index in [-0.39, 0.29) is 28.9 Å². The van der Waals surface area contributed by atoms with Crippen molar-refractivity contribution in [2.45, 2.75) is 6.54 Å². The number of amides is 1. The summed E-state index contributed by atoms with van der Waals surface area (Å²) in [6.07, 6.45) is 0. The van der Waals surface area contributed by atoms with Crippen LogP contribution in [0.5, 0.6) is 5.75 Å². The Bertz CT molecular complexity index is 725. The fraction of sp³-hybridized carbons (Fsp3) is 0.133. The Labute approximate surface area is 131 Å². The van der Waals surface area contributed by atoms with Crippen LogP contribution in [-0.4, -0.2) is 30.2 Å². The van der Waals surface area contributed by atoms with Crippen molar-refractivity contribution in [3.05, 3.63) is 59.2 Å². The molecule has 0 saturated heterocycles. The molecular weight excluding hydrogens is 307 g/mol. The normalized spacial score (nSPS) is 10.3. The van der Waals surface area contributed by atoms with Crippen molar-refractivity contribution >= 4 is 18.5 Å². The molecule has 3 N–H and O–H groups in total. The molecule has 0 aliphatic carbocycles. The van der Waals surface area contributed by atoms with E-state index in [1.54, 1.807) is 0 Å². The first-order chi connectivity index (χ1) is 10.9. The van der Waals surface area contributed by atoms with Crippen LogP contribution in [0.15, 0.2) is 36.4 Å². The summed E-state index contributed by atoms with van der Waals surface area (Å²) in [4.78, 5) is 12.1. The predicted molar refractivity (Wildman–Crippen MR) is 80.3 cm³/mol. The van der Waals surface area contributed by atoms with E-state index in [4.69, 9.17) is 14.8 Å². The number of hydrogen-bond donors (Lipinski definition) is 3. The lowest BCUT2D eigenvalue weighted by molar-refractivity contribution is 0.0947. The first-order valence-corrected chi connectivity index (χ1v) is 6.68. The van der Waals surface area contributed by atoms with E-state index >= 15 is 0 Å². The monoisotopic (exact) mass is 321 g/mol. The Morgan fingerprint density at radius 3 is 2.57 bits per heavy atom. The van der Waals surface area contributed by atoms with Gasteiger partial charge in [-0.15, -0.1) is 0 Å². The Morgan fingerprint density at radius 2 is 1.96 bits per heavy atom. The maximum absolute atomic E-state index is 13.8. The minimum absolute atomic E-state index is 0.0118. The summed E-state index contributed by atoms with van der Waals surface area (Å²) >= 11 is 0. The van der Waals surface area contributed by atoms with Gasteiger partial charge in [0, 0.05) is 18.2 Å². The van der Waals surface area contributed by atoms with Crippen LogP contribution in [0.25, 0.3) is 0 Å². The number of carbonyl (C=O) groups excluding carboxylic acids is 1. The molecule has 23 heavy (non-hydrogen) atoms. The van der Waals surface area contributed by atoms with Gasteiger partial charge in [0.2, 0.25) is 0 Å². The van der Waals surface area contributed by atoms with Crippen LogP contribution in [0.4, 0.5) is 8.78 Å². The van der Waals surface area contributed by atoms with Crippen LogP contribution >= 0.6 is 0 Å². The Hall–Kier alpha value is -2.45. The number of nitrogens with one attached hydrogen (secondary N) is 1. The van der Waals surface area contributed by atoms with Gasteiger partial charge in [0.15, 0.2) is 0 Å².